The van der Waals surface area contributed by atoms with Gasteiger partial charge in [0.2, 0.25) is 0 Å². The third-order valence-electron chi connectivity index (χ3n) is 2.99. The molecule has 2 nitrogen and oxygen atoms in total. The lowest BCUT2D eigenvalue weighted by Crippen LogP contribution is -2.23. The molecule has 1 aromatic heterocycles. The Balaban J connectivity index is 2.15. The van der Waals surface area contributed by atoms with E-state index in [0.29, 0.717) is 18.2 Å². The summed E-state index contributed by atoms with van der Waals surface area (Å²) in [4.78, 5) is 0. The Bertz CT molecular complexity index is 549. The molecule has 0 aliphatic heterocycles. The van der Waals surface area contributed by atoms with Crippen LogP contribution in [-0.2, 0) is 13.1 Å². The van der Waals surface area contributed by atoms with Crippen LogP contribution in [0, 0.1) is 5.82 Å². The van der Waals surface area contributed by atoms with Gasteiger partial charge in [-0.3, -0.25) is 0 Å². The summed E-state index contributed by atoms with van der Waals surface area (Å²) in [5.41, 5.74) is 1.74. The average Bonchev–Trinajstić information content (AvgIpc) is 2.80. The van der Waals surface area contributed by atoms with E-state index in [9.17, 15) is 4.39 Å². The zero-order valence-corrected chi connectivity index (χ0v) is 11.9. The van der Waals surface area contributed by atoms with Crippen molar-refractivity contribution in [2.45, 2.75) is 33.0 Å². The van der Waals surface area contributed by atoms with E-state index < -0.39 is 0 Å². The van der Waals surface area contributed by atoms with Gasteiger partial charge in [-0.2, -0.15) is 0 Å². The molecule has 0 saturated carbocycles. The molecule has 0 fully saturated rings. The molecule has 19 heavy (non-hydrogen) atoms. The van der Waals surface area contributed by atoms with E-state index in [1.165, 1.54) is 0 Å². The van der Waals surface area contributed by atoms with Gasteiger partial charge in [0, 0.05) is 30.0 Å². The number of nitrogens with one attached hydrogen (secondary N) is 1. The average molecular weight is 281 g/mol. The van der Waals surface area contributed by atoms with E-state index >= 15 is 0 Å². The second kappa shape index (κ2) is 6.22. The van der Waals surface area contributed by atoms with E-state index in [1.807, 2.05) is 22.9 Å². The van der Waals surface area contributed by atoms with Crippen molar-refractivity contribution < 1.29 is 4.39 Å². The number of aromatic nitrogens is 1. The highest BCUT2D eigenvalue weighted by Gasteiger charge is 2.08. The van der Waals surface area contributed by atoms with Crippen LogP contribution in [0.15, 0.2) is 36.5 Å². The van der Waals surface area contributed by atoms with Crippen molar-refractivity contribution in [3.05, 3.63) is 58.6 Å². The molecule has 0 amide bonds. The molecule has 4 heteroatoms. The molecular formula is C15H18ClFN2. The van der Waals surface area contributed by atoms with Crippen LogP contribution in [-0.4, -0.2) is 10.6 Å². The summed E-state index contributed by atoms with van der Waals surface area (Å²) in [5, 5.41) is 3.53. The van der Waals surface area contributed by atoms with Gasteiger partial charge in [-0.05, 0) is 18.2 Å². The third kappa shape index (κ3) is 3.58. The van der Waals surface area contributed by atoms with Gasteiger partial charge in [-0.15, -0.1) is 0 Å². The van der Waals surface area contributed by atoms with Gasteiger partial charge in [0.1, 0.15) is 5.82 Å². The van der Waals surface area contributed by atoms with Crippen LogP contribution >= 0.6 is 11.6 Å². The molecule has 1 aromatic carbocycles. The molecule has 0 unspecified atom stereocenters. The van der Waals surface area contributed by atoms with Crippen LogP contribution in [0.1, 0.15) is 25.1 Å². The molecule has 0 radical (unpaired) electrons. The number of benzene rings is 1. The van der Waals surface area contributed by atoms with Crippen LogP contribution < -0.4 is 5.32 Å². The van der Waals surface area contributed by atoms with E-state index in [0.717, 1.165) is 12.2 Å². The number of hydrogen-bond acceptors (Lipinski definition) is 1. The minimum Gasteiger partial charge on any atom is -0.346 e. The minimum atomic E-state index is -0.333. The molecule has 0 aliphatic rings. The summed E-state index contributed by atoms with van der Waals surface area (Å²) in [5.74, 6) is -0.333. The molecule has 2 rings (SSSR count). The molecule has 1 N–H and O–H groups in total. The highest BCUT2D eigenvalue weighted by atomic mass is 35.5. The predicted octanol–water partition coefficient (Wildman–Crippen LogP) is 3.83. The lowest BCUT2D eigenvalue weighted by molar-refractivity contribution is 0.556. The molecule has 0 saturated heterocycles. The van der Waals surface area contributed by atoms with Gasteiger partial charge in [0.15, 0.2) is 0 Å². The molecule has 0 aliphatic carbocycles. The van der Waals surface area contributed by atoms with Crippen LogP contribution in [0.5, 0.6) is 0 Å². The lowest BCUT2D eigenvalue weighted by atomic mass is 10.2. The van der Waals surface area contributed by atoms with E-state index in [2.05, 4.69) is 19.2 Å². The minimum absolute atomic E-state index is 0.173. The number of halogens is 2. The monoisotopic (exact) mass is 280 g/mol. The van der Waals surface area contributed by atoms with Gasteiger partial charge in [-0.25, -0.2) is 4.39 Å². The third-order valence-corrected chi connectivity index (χ3v) is 3.28. The molecule has 0 spiro atoms. The van der Waals surface area contributed by atoms with Gasteiger partial charge in [0.25, 0.3) is 0 Å². The van der Waals surface area contributed by atoms with E-state index in [-0.39, 0.29) is 10.8 Å². The first-order valence-corrected chi connectivity index (χ1v) is 6.76. The van der Waals surface area contributed by atoms with E-state index in [4.69, 9.17) is 11.6 Å². The fourth-order valence-corrected chi connectivity index (χ4v) is 2.12. The van der Waals surface area contributed by atoms with Gasteiger partial charge in [0.05, 0.1) is 11.6 Å². The lowest BCUT2D eigenvalue weighted by Gasteiger charge is -2.13. The zero-order chi connectivity index (χ0) is 13.8. The maximum Gasteiger partial charge on any atom is 0.146 e. The first-order chi connectivity index (χ1) is 9.08. The largest absolute Gasteiger partial charge is 0.346 e. The van der Waals surface area contributed by atoms with Crippen molar-refractivity contribution >= 4 is 11.6 Å². The summed E-state index contributed by atoms with van der Waals surface area (Å²) in [6.45, 7) is 5.47. The summed E-state index contributed by atoms with van der Waals surface area (Å²) < 4.78 is 15.9. The van der Waals surface area contributed by atoms with Gasteiger partial charge < -0.3 is 9.88 Å². The Kier molecular flexibility index (Phi) is 4.61. The SMILES string of the molecule is CC(C)NCc1cccn1Cc1cccc(Cl)c1F. The van der Waals surface area contributed by atoms with Gasteiger partial charge in [-0.1, -0.05) is 37.6 Å². The second-order valence-corrected chi connectivity index (χ2v) is 5.28. The molecule has 0 atom stereocenters. The van der Waals surface area contributed by atoms with Crippen molar-refractivity contribution in [3.8, 4) is 0 Å². The predicted molar refractivity (Wildman–Crippen MR) is 76.9 cm³/mol. The highest BCUT2D eigenvalue weighted by molar-refractivity contribution is 6.30. The molecular weight excluding hydrogens is 263 g/mol. The summed E-state index contributed by atoms with van der Waals surface area (Å²) in [6, 6.07) is 9.54. The Morgan fingerprint density at radius 3 is 2.79 bits per heavy atom. The fraction of sp³-hybridized carbons (Fsp3) is 0.333. The maximum atomic E-state index is 13.9. The summed E-state index contributed by atoms with van der Waals surface area (Å²) >= 11 is 5.80. The standard InChI is InChI=1S/C15H18ClFN2/c1-11(2)18-9-13-6-4-8-19(13)10-12-5-3-7-14(16)15(12)17/h3-8,11,18H,9-10H2,1-2H3. The highest BCUT2D eigenvalue weighted by Crippen LogP contribution is 2.19. The van der Waals surface area contributed by atoms with Crippen molar-refractivity contribution in [1.29, 1.82) is 0 Å². The summed E-state index contributed by atoms with van der Waals surface area (Å²) in [7, 11) is 0. The van der Waals surface area contributed by atoms with Gasteiger partial charge >= 0.3 is 0 Å². The van der Waals surface area contributed by atoms with Crippen molar-refractivity contribution in [2.75, 3.05) is 0 Å². The smallest absolute Gasteiger partial charge is 0.146 e. The number of nitrogens with zero attached hydrogens (tertiary/aromatic N) is 1. The number of rotatable bonds is 5. The van der Waals surface area contributed by atoms with Crippen LogP contribution in [0.2, 0.25) is 5.02 Å². The Hall–Kier alpha value is -1.32. The van der Waals surface area contributed by atoms with Crippen LogP contribution in [0.4, 0.5) is 4.39 Å². The Morgan fingerprint density at radius 2 is 2.05 bits per heavy atom. The van der Waals surface area contributed by atoms with Crippen LogP contribution in [0.3, 0.4) is 0 Å². The van der Waals surface area contributed by atoms with Crippen molar-refractivity contribution in [3.63, 3.8) is 0 Å². The molecule has 102 valence electrons. The fourth-order valence-electron chi connectivity index (χ4n) is 1.93. The summed E-state index contributed by atoms with van der Waals surface area (Å²) in [6.07, 6.45) is 1.96. The topological polar surface area (TPSA) is 17.0 Å². The maximum absolute atomic E-state index is 13.9. The van der Waals surface area contributed by atoms with Crippen molar-refractivity contribution in [2.24, 2.45) is 0 Å². The second-order valence-electron chi connectivity index (χ2n) is 4.88. The van der Waals surface area contributed by atoms with Crippen molar-refractivity contribution in [1.82, 2.24) is 9.88 Å². The molecule has 2 aromatic rings. The number of hydrogen-bond donors (Lipinski definition) is 1. The first kappa shape index (κ1) is 14.1. The Morgan fingerprint density at radius 1 is 1.26 bits per heavy atom. The Labute approximate surface area is 118 Å². The zero-order valence-electron chi connectivity index (χ0n) is 11.2. The molecule has 0 bridgehead atoms. The normalized spacial score (nSPS) is 11.2. The van der Waals surface area contributed by atoms with E-state index in [1.54, 1.807) is 18.2 Å². The quantitative estimate of drug-likeness (QED) is 0.881. The molecule has 1 heterocycles. The first-order valence-electron chi connectivity index (χ1n) is 6.38. The van der Waals surface area contributed by atoms with Crippen LogP contribution in [0.25, 0.3) is 0 Å².